The lowest BCUT2D eigenvalue weighted by Crippen LogP contribution is -2.55. The fourth-order valence-electron chi connectivity index (χ4n) is 3.16. The van der Waals surface area contributed by atoms with Crippen LogP contribution < -0.4 is 27.0 Å². The molecule has 0 aliphatic rings. The van der Waals surface area contributed by atoms with Crippen LogP contribution in [0.1, 0.15) is 45.6 Å². The second-order valence-electron chi connectivity index (χ2n) is 8.57. The quantitative estimate of drug-likeness (QED) is 0.181. The molecule has 3 atom stereocenters. The monoisotopic (exact) mass is 493 g/mol. The van der Waals surface area contributed by atoms with Crippen molar-refractivity contribution in [3.63, 3.8) is 0 Å². The predicted molar refractivity (Wildman–Crippen MR) is 128 cm³/mol. The third kappa shape index (κ3) is 10.9. The summed E-state index contributed by atoms with van der Waals surface area (Å²) in [6.07, 6.45) is 0.116. The van der Waals surface area contributed by atoms with Crippen LogP contribution in [0.3, 0.4) is 0 Å². The van der Waals surface area contributed by atoms with E-state index >= 15 is 0 Å². The van der Waals surface area contributed by atoms with Crippen LogP contribution in [0, 0.1) is 11.8 Å². The van der Waals surface area contributed by atoms with Crippen molar-refractivity contribution in [2.45, 2.75) is 58.7 Å². The standard InChI is InChI=1S/C23H35N5O7/c1-13(2)19(28-20(32)14(3)11-18(30)31)22(34)27-17(5-4-10-25-23(24)35)21(33)26-16-8-6-15(12-29)7-9-16/h6-9,13-14,17,19,29H,4-5,10-12H2,1-3H3,(H,26,33)(H,27,34)(H,28,32)(H,30,31)(H3,24,25,35)/t14-,17-,19-/m0/s1. The van der Waals surface area contributed by atoms with Gasteiger partial charge in [0.25, 0.3) is 0 Å². The Bertz CT molecular complexity index is 889. The zero-order chi connectivity index (χ0) is 26.5. The number of carbonyl (C=O) groups is 5. The third-order valence-electron chi connectivity index (χ3n) is 5.18. The molecule has 12 heteroatoms. The summed E-state index contributed by atoms with van der Waals surface area (Å²) >= 11 is 0. The first-order valence-corrected chi connectivity index (χ1v) is 11.3. The molecule has 1 aromatic carbocycles. The summed E-state index contributed by atoms with van der Waals surface area (Å²) in [5, 5.41) is 28.4. The van der Waals surface area contributed by atoms with Gasteiger partial charge in [-0.3, -0.25) is 19.2 Å². The molecule has 0 aliphatic heterocycles. The number of hydrogen-bond acceptors (Lipinski definition) is 6. The number of carbonyl (C=O) groups excluding carboxylic acids is 4. The predicted octanol–water partition coefficient (Wildman–Crippen LogP) is 0.302. The van der Waals surface area contributed by atoms with Crippen molar-refractivity contribution in [2.75, 3.05) is 11.9 Å². The Labute approximate surface area is 204 Å². The van der Waals surface area contributed by atoms with E-state index in [1.807, 2.05) is 0 Å². The Hall–Kier alpha value is -3.67. The number of nitrogens with two attached hydrogens (primary N) is 1. The molecule has 0 fully saturated rings. The zero-order valence-corrected chi connectivity index (χ0v) is 20.2. The van der Waals surface area contributed by atoms with Gasteiger partial charge in [0.05, 0.1) is 13.0 Å². The van der Waals surface area contributed by atoms with E-state index < -0.39 is 47.7 Å². The van der Waals surface area contributed by atoms with E-state index in [0.29, 0.717) is 17.7 Å². The highest BCUT2D eigenvalue weighted by Gasteiger charge is 2.30. The van der Waals surface area contributed by atoms with Crippen molar-refractivity contribution in [1.29, 1.82) is 0 Å². The number of carboxylic acid groups (broad SMARTS) is 1. The van der Waals surface area contributed by atoms with E-state index in [4.69, 9.17) is 15.9 Å². The van der Waals surface area contributed by atoms with Crippen molar-refractivity contribution in [1.82, 2.24) is 16.0 Å². The van der Waals surface area contributed by atoms with Crippen LogP contribution in [0.5, 0.6) is 0 Å². The van der Waals surface area contributed by atoms with Gasteiger partial charge in [-0.15, -0.1) is 0 Å². The van der Waals surface area contributed by atoms with Crippen molar-refractivity contribution in [3.05, 3.63) is 29.8 Å². The molecule has 0 saturated heterocycles. The number of carboxylic acids is 1. The maximum absolute atomic E-state index is 13.0. The number of aliphatic hydroxyl groups excluding tert-OH is 1. The second-order valence-corrected chi connectivity index (χ2v) is 8.57. The van der Waals surface area contributed by atoms with Gasteiger partial charge in [-0.2, -0.15) is 0 Å². The Morgan fingerprint density at radius 2 is 1.57 bits per heavy atom. The third-order valence-corrected chi connectivity index (χ3v) is 5.18. The van der Waals surface area contributed by atoms with Crippen molar-refractivity contribution >= 4 is 35.4 Å². The van der Waals surface area contributed by atoms with E-state index in [-0.39, 0.29) is 31.9 Å². The summed E-state index contributed by atoms with van der Waals surface area (Å²) in [4.78, 5) is 60.1. The van der Waals surface area contributed by atoms with E-state index in [2.05, 4.69) is 21.3 Å². The lowest BCUT2D eigenvalue weighted by molar-refractivity contribution is -0.141. The lowest BCUT2D eigenvalue weighted by Gasteiger charge is -2.26. The topological polar surface area (TPSA) is 200 Å². The molecule has 12 nitrogen and oxygen atoms in total. The molecule has 5 amide bonds. The van der Waals surface area contributed by atoms with Gasteiger partial charge >= 0.3 is 12.0 Å². The summed E-state index contributed by atoms with van der Waals surface area (Å²) in [6, 6.07) is 3.80. The van der Waals surface area contributed by atoms with Gasteiger partial charge in [0.1, 0.15) is 12.1 Å². The molecular weight excluding hydrogens is 458 g/mol. The number of aliphatic hydroxyl groups is 1. The number of anilines is 1. The van der Waals surface area contributed by atoms with Crippen molar-refractivity contribution in [3.8, 4) is 0 Å². The summed E-state index contributed by atoms with van der Waals surface area (Å²) < 4.78 is 0. The van der Waals surface area contributed by atoms with E-state index in [9.17, 15) is 24.0 Å². The number of aliphatic carboxylic acids is 1. The van der Waals surface area contributed by atoms with Crippen LogP contribution in [0.15, 0.2) is 24.3 Å². The lowest BCUT2D eigenvalue weighted by atomic mass is 10.00. The number of rotatable bonds is 14. The fourth-order valence-corrected chi connectivity index (χ4v) is 3.16. The number of urea groups is 1. The molecule has 0 heterocycles. The maximum Gasteiger partial charge on any atom is 0.312 e. The fraction of sp³-hybridized carbons (Fsp3) is 0.522. The van der Waals surface area contributed by atoms with Crippen LogP contribution in [0.2, 0.25) is 0 Å². The Kier molecular flexibility index (Phi) is 12.2. The summed E-state index contributed by atoms with van der Waals surface area (Å²) in [6.45, 7) is 4.91. The van der Waals surface area contributed by atoms with Gasteiger partial charge in [0.2, 0.25) is 17.7 Å². The molecular formula is C23H35N5O7. The smallest absolute Gasteiger partial charge is 0.312 e. The highest BCUT2D eigenvalue weighted by atomic mass is 16.4. The first-order valence-electron chi connectivity index (χ1n) is 11.3. The molecule has 8 N–H and O–H groups in total. The van der Waals surface area contributed by atoms with Gasteiger partial charge < -0.3 is 37.2 Å². The van der Waals surface area contributed by atoms with Crippen LogP contribution in [0.25, 0.3) is 0 Å². The average molecular weight is 494 g/mol. The molecule has 0 unspecified atom stereocenters. The molecule has 0 saturated carbocycles. The van der Waals surface area contributed by atoms with Crippen LogP contribution in [0.4, 0.5) is 10.5 Å². The first-order chi connectivity index (χ1) is 16.4. The Balaban J connectivity index is 2.94. The van der Waals surface area contributed by atoms with Gasteiger partial charge in [0, 0.05) is 18.2 Å². The molecule has 0 spiro atoms. The minimum Gasteiger partial charge on any atom is -0.481 e. The minimum absolute atomic E-state index is 0.146. The number of primary amides is 1. The molecule has 0 aliphatic carbocycles. The summed E-state index contributed by atoms with van der Waals surface area (Å²) in [5.74, 6) is -4.02. The van der Waals surface area contributed by atoms with Gasteiger partial charge in [0.15, 0.2) is 0 Å². The first kappa shape index (κ1) is 29.4. The number of hydrogen-bond donors (Lipinski definition) is 7. The van der Waals surface area contributed by atoms with Crippen molar-refractivity contribution in [2.24, 2.45) is 17.6 Å². The highest BCUT2D eigenvalue weighted by Crippen LogP contribution is 2.12. The van der Waals surface area contributed by atoms with Gasteiger partial charge in [-0.1, -0.05) is 32.9 Å². The molecule has 0 radical (unpaired) electrons. The minimum atomic E-state index is -1.13. The normalized spacial score (nSPS) is 13.3. The largest absolute Gasteiger partial charge is 0.481 e. The number of nitrogens with one attached hydrogen (secondary N) is 4. The summed E-state index contributed by atoms with van der Waals surface area (Å²) in [7, 11) is 0. The summed E-state index contributed by atoms with van der Waals surface area (Å²) in [5.41, 5.74) is 6.18. The SMILES string of the molecule is CC(C)[C@H](NC(=O)[C@@H](C)CC(=O)O)C(=O)N[C@@H](CCCNC(N)=O)C(=O)Nc1ccc(CO)cc1. The molecule has 1 rings (SSSR count). The van der Waals surface area contributed by atoms with E-state index in [1.54, 1.807) is 38.1 Å². The molecule has 1 aromatic rings. The van der Waals surface area contributed by atoms with Crippen molar-refractivity contribution < 1.29 is 34.2 Å². The average Bonchev–Trinajstić information content (AvgIpc) is 2.78. The maximum atomic E-state index is 13.0. The van der Waals surface area contributed by atoms with E-state index in [1.165, 1.54) is 6.92 Å². The van der Waals surface area contributed by atoms with Crippen LogP contribution >= 0.6 is 0 Å². The molecule has 0 bridgehead atoms. The molecule has 35 heavy (non-hydrogen) atoms. The second kappa shape index (κ2) is 14.6. The Morgan fingerprint density at radius 3 is 2.09 bits per heavy atom. The van der Waals surface area contributed by atoms with Crippen LogP contribution in [-0.4, -0.2) is 58.6 Å². The zero-order valence-electron chi connectivity index (χ0n) is 20.2. The van der Waals surface area contributed by atoms with Crippen LogP contribution in [-0.2, 0) is 25.8 Å². The van der Waals surface area contributed by atoms with Gasteiger partial charge in [-0.05, 0) is 36.5 Å². The van der Waals surface area contributed by atoms with E-state index in [0.717, 1.165) is 0 Å². The number of amides is 5. The highest BCUT2D eigenvalue weighted by molar-refractivity contribution is 5.98. The molecule has 0 aromatic heterocycles. The number of benzene rings is 1. The molecule has 194 valence electrons. The Morgan fingerprint density at radius 1 is 0.943 bits per heavy atom. The van der Waals surface area contributed by atoms with Gasteiger partial charge in [-0.25, -0.2) is 4.79 Å².